The second kappa shape index (κ2) is 7.08. The molecular weight excluding hydrogens is 310 g/mol. The van der Waals surface area contributed by atoms with Crippen molar-refractivity contribution in [3.63, 3.8) is 0 Å². The normalized spacial score (nSPS) is 17.3. The minimum absolute atomic E-state index is 0.0537. The van der Waals surface area contributed by atoms with Gasteiger partial charge in [0.25, 0.3) is 0 Å². The number of hydrogen-bond donors (Lipinski definition) is 1. The second-order valence-corrected chi connectivity index (χ2v) is 6.94. The summed E-state index contributed by atoms with van der Waals surface area (Å²) in [5, 5.41) is 7.19. The van der Waals surface area contributed by atoms with E-state index < -0.39 is 0 Å². The van der Waals surface area contributed by atoms with Crippen molar-refractivity contribution in [3.05, 3.63) is 40.4 Å². The van der Waals surface area contributed by atoms with Gasteiger partial charge in [-0.05, 0) is 41.9 Å². The summed E-state index contributed by atoms with van der Waals surface area (Å²) in [7, 11) is 0. The van der Waals surface area contributed by atoms with Gasteiger partial charge in [-0.25, -0.2) is 0 Å². The van der Waals surface area contributed by atoms with E-state index in [-0.39, 0.29) is 11.8 Å². The van der Waals surface area contributed by atoms with Gasteiger partial charge in [0.2, 0.25) is 5.91 Å². The Morgan fingerprint density at radius 1 is 1.43 bits per heavy atom. The number of rotatable bonds is 4. The fourth-order valence-corrected chi connectivity index (χ4v) is 3.54. The highest BCUT2D eigenvalue weighted by atomic mass is 32.1. The van der Waals surface area contributed by atoms with E-state index in [0.29, 0.717) is 19.1 Å². The predicted molar refractivity (Wildman–Crippen MR) is 89.6 cm³/mol. The molecule has 1 aliphatic heterocycles. The number of aromatic nitrogens is 2. The van der Waals surface area contributed by atoms with Gasteiger partial charge in [0.15, 0.2) is 0 Å². The molecule has 2 aromatic rings. The van der Waals surface area contributed by atoms with Gasteiger partial charge in [0.05, 0.1) is 23.7 Å². The molecule has 3 rings (SSSR count). The number of ether oxygens (including phenoxy) is 1. The Balaban J connectivity index is 1.63. The second-order valence-electron chi connectivity index (χ2n) is 6.10. The summed E-state index contributed by atoms with van der Waals surface area (Å²) in [6.07, 6.45) is 1.46. The van der Waals surface area contributed by atoms with Crippen LogP contribution in [0.1, 0.15) is 42.3 Å². The van der Waals surface area contributed by atoms with Crippen LogP contribution in [-0.4, -0.2) is 22.1 Å². The van der Waals surface area contributed by atoms with Gasteiger partial charge in [0.1, 0.15) is 5.75 Å². The minimum atomic E-state index is -0.0537. The lowest BCUT2D eigenvalue weighted by Gasteiger charge is -2.14. The quantitative estimate of drug-likeness (QED) is 0.935. The van der Waals surface area contributed by atoms with Crippen molar-refractivity contribution in [2.75, 3.05) is 6.61 Å². The molecule has 0 radical (unpaired) electrons. The van der Waals surface area contributed by atoms with Crippen LogP contribution in [0.2, 0.25) is 0 Å². The zero-order valence-corrected chi connectivity index (χ0v) is 14.2. The summed E-state index contributed by atoms with van der Waals surface area (Å²) >= 11 is 1.36. The summed E-state index contributed by atoms with van der Waals surface area (Å²) in [5.41, 5.74) is 2.08. The van der Waals surface area contributed by atoms with Crippen LogP contribution >= 0.6 is 11.5 Å². The molecule has 1 aliphatic rings. The van der Waals surface area contributed by atoms with Crippen LogP contribution in [0.5, 0.6) is 5.75 Å². The highest BCUT2D eigenvalue weighted by Crippen LogP contribution is 2.27. The number of benzene rings is 1. The Bertz CT molecular complexity index is 684. The molecule has 122 valence electrons. The molecule has 0 unspecified atom stereocenters. The molecule has 1 aromatic carbocycles. The number of carbonyl (C=O) groups excluding carboxylic acids is 1. The van der Waals surface area contributed by atoms with Gasteiger partial charge in [0, 0.05) is 5.92 Å². The number of carbonyl (C=O) groups is 1. The summed E-state index contributed by atoms with van der Waals surface area (Å²) in [6.45, 7) is 5.25. The molecule has 2 heterocycles. The molecule has 0 fully saturated rings. The van der Waals surface area contributed by atoms with Crippen LogP contribution in [0, 0.1) is 5.92 Å². The largest absolute Gasteiger partial charge is 0.493 e. The third-order valence-corrected chi connectivity index (χ3v) is 4.83. The first-order valence-corrected chi connectivity index (χ1v) is 8.72. The van der Waals surface area contributed by atoms with Crippen LogP contribution in [0.3, 0.4) is 0 Å². The number of nitrogens with one attached hydrogen (secondary N) is 1. The Morgan fingerprint density at radius 3 is 3.09 bits per heavy atom. The molecular formula is C17H21N3O2S. The lowest BCUT2D eigenvalue weighted by atomic mass is 9.96. The zero-order chi connectivity index (χ0) is 16.2. The Hall–Kier alpha value is -1.95. The maximum Gasteiger partial charge on any atom is 0.223 e. The highest BCUT2D eigenvalue weighted by Gasteiger charge is 2.24. The van der Waals surface area contributed by atoms with E-state index >= 15 is 0 Å². The SMILES string of the molecule is CC(C)c1nnsc1CNC(=O)[C@H]1CCOc2ccccc2C1. The smallest absolute Gasteiger partial charge is 0.223 e. The van der Waals surface area contributed by atoms with Crippen molar-refractivity contribution in [1.29, 1.82) is 0 Å². The van der Waals surface area contributed by atoms with Crippen molar-refractivity contribution < 1.29 is 9.53 Å². The van der Waals surface area contributed by atoms with Gasteiger partial charge >= 0.3 is 0 Å². The predicted octanol–water partition coefficient (Wildman–Crippen LogP) is 2.92. The fraction of sp³-hybridized carbons (Fsp3) is 0.471. The molecule has 6 heteroatoms. The van der Waals surface area contributed by atoms with E-state index in [1.165, 1.54) is 11.5 Å². The molecule has 23 heavy (non-hydrogen) atoms. The monoisotopic (exact) mass is 331 g/mol. The molecule has 1 aromatic heterocycles. The van der Waals surface area contributed by atoms with Gasteiger partial charge < -0.3 is 10.1 Å². The third-order valence-electron chi connectivity index (χ3n) is 4.09. The molecule has 1 amide bonds. The first-order valence-electron chi connectivity index (χ1n) is 7.94. The van der Waals surface area contributed by atoms with Crippen molar-refractivity contribution in [3.8, 4) is 5.75 Å². The van der Waals surface area contributed by atoms with Crippen molar-refractivity contribution in [2.24, 2.45) is 5.92 Å². The van der Waals surface area contributed by atoms with Crippen molar-refractivity contribution >= 4 is 17.4 Å². The minimum Gasteiger partial charge on any atom is -0.493 e. The van der Waals surface area contributed by atoms with Crippen LogP contribution < -0.4 is 10.1 Å². The van der Waals surface area contributed by atoms with Crippen molar-refractivity contribution in [2.45, 2.75) is 39.2 Å². The lowest BCUT2D eigenvalue weighted by molar-refractivity contribution is -0.125. The Labute approximate surface area is 140 Å². The fourth-order valence-electron chi connectivity index (χ4n) is 2.80. The van der Waals surface area contributed by atoms with E-state index in [2.05, 4.69) is 28.8 Å². The van der Waals surface area contributed by atoms with Crippen molar-refractivity contribution in [1.82, 2.24) is 14.9 Å². The van der Waals surface area contributed by atoms with Crippen LogP contribution in [0.15, 0.2) is 24.3 Å². The van der Waals surface area contributed by atoms with Crippen LogP contribution in [0.25, 0.3) is 0 Å². The summed E-state index contributed by atoms with van der Waals surface area (Å²) in [4.78, 5) is 13.6. The molecule has 0 bridgehead atoms. The van der Waals surface area contributed by atoms with Gasteiger partial charge in [-0.1, -0.05) is 36.5 Å². The highest BCUT2D eigenvalue weighted by molar-refractivity contribution is 7.05. The molecule has 0 saturated carbocycles. The van der Waals surface area contributed by atoms with E-state index in [9.17, 15) is 4.79 Å². The first-order chi connectivity index (χ1) is 11.1. The molecule has 5 nitrogen and oxygen atoms in total. The first kappa shape index (κ1) is 15.9. The van der Waals surface area contributed by atoms with Gasteiger partial charge in [-0.15, -0.1) is 5.10 Å². The summed E-state index contributed by atoms with van der Waals surface area (Å²) in [6, 6.07) is 7.95. The number of para-hydroxylation sites is 1. The summed E-state index contributed by atoms with van der Waals surface area (Å²) in [5.74, 6) is 1.24. The van der Waals surface area contributed by atoms with Crippen LogP contribution in [-0.2, 0) is 17.8 Å². The lowest BCUT2D eigenvalue weighted by Crippen LogP contribution is -2.31. The number of hydrogen-bond acceptors (Lipinski definition) is 5. The molecule has 1 N–H and O–H groups in total. The Kier molecular flexibility index (Phi) is 4.91. The van der Waals surface area contributed by atoms with Gasteiger partial charge in [-0.3, -0.25) is 4.79 Å². The average Bonchev–Trinajstić information content (AvgIpc) is 2.91. The zero-order valence-electron chi connectivity index (χ0n) is 13.4. The Morgan fingerprint density at radius 2 is 2.26 bits per heavy atom. The maximum atomic E-state index is 12.5. The molecule has 1 atom stereocenters. The number of nitrogens with zero attached hydrogens (tertiary/aromatic N) is 2. The topological polar surface area (TPSA) is 64.1 Å². The van der Waals surface area contributed by atoms with E-state index in [1.54, 1.807) is 0 Å². The van der Waals surface area contributed by atoms with E-state index in [0.717, 1.165) is 34.7 Å². The average molecular weight is 331 g/mol. The summed E-state index contributed by atoms with van der Waals surface area (Å²) < 4.78 is 9.73. The maximum absolute atomic E-state index is 12.5. The van der Waals surface area contributed by atoms with Gasteiger partial charge in [-0.2, -0.15) is 0 Å². The molecule has 0 aliphatic carbocycles. The van der Waals surface area contributed by atoms with E-state index in [4.69, 9.17) is 4.74 Å². The molecule has 0 spiro atoms. The van der Waals surface area contributed by atoms with Crippen LogP contribution in [0.4, 0.5) is 0 Å². The number of amides is 1. The third kappa shape index (κ3) is 3.69. The molecule has 0 saturated heterocycles. The van der Waals surface area contributed by atoms with E-state index in [1.807, 2.05) is 24.3 Å². The number of fused-ring (bicyclic) bond motifs is 1. The standard InChI is InChI=1S/C17H21N3O2S/c1-11(2)16-15(23-20-19-16)10-18-17(21)13-7-8-22-14-6-4-3-5-12(14)9-13/h3-6,11,13H,7-10H2,1-2H3,(H,18,21)/t13-/m0/s1.